The van der Waals surface area contributed by atoms with Gasteiger partial charge in [0.05, 0.1) is 0 Å². The topological polar surface area (TPSA) is 143 Å². The van der Waals surface area contributed by atoms with E-state index in [9.17, 15) is 0 Å². The summed E-state index contributed by atoms with van der Waals surface area (Å²) in [7, 11) is -6.17. The van der Waals surface area contributed by atoms with Crippen molar-refractivity contribution in [1.29, 1.82) is 31.6 Å². The van der Waals surface area contributed by atoms with E-state index in [1.165, 1.54) is 0 Å². The second-order valence-electron chi connectivity index (χ2n) is 1.80. The van der Waals surface area contributed by atoms with Crippen LogP contribution in [0.1, 0.15) is 0 Å². The minimum Gasteiger partial charge on any atom is -1.00 e. The molecule has 0 fully saturated rings. The third kappa shape index (κ3) is 10.4. The molecule has 0 aromatic carbocycles. The number of nitrogens with zero attached hydrogens (tertiary/aromatic N) is 6. The molecule has 0 saturated carbocycles. The smallest absolute Gasteiger partial charge is 1.00 e. The van der Waals surface area contributed by atoms with Gasteiger partial charge in [0.25, 0.3) is 0 Å². The van der Waals surface area contributed by atoms with E-state index < -0.39 is 10.7 Å². The maximum Gasteiger partial charge on any atom is 1.00 e. The van der Waals surface area contributed by atoms with Crippen LogP contribution in [0.5, 0.6) is 0 Å². The van der Waals surface area contributed by atoms with Crippen molar-refractivity contribution in [3.63, 3.8) is 0 Å². The molecule has 0 bridgehead atoms. The summed E-state index contributed by atoms with van der Waals surface area (Å²) in [6.45, 7) is 0. The Bertz CT molecular complexity index is 418. The standard InChI is InChI=1S/6CN.4ClH.Fe.3K.Na/c6*1-2;;;;;;;;;/h;;;;;;4*1H;;;;;/q;;;;;;;;;;;4*+1/p-4. The molecule has 0 heterocycles. The van der Waals surface area contributed by atoms with Gasteiger partial charge in [-0.05, 0) is 0 Å². The van der Waals surface area contributed by atoms with Crippen LogP contribution in [0.2, 0.25) is 0 Å². The van der Waals surface area contributed by atoms with Crippen LogP contribution in [-0.2, 0) is 10.7 Å². The fourth-order valence-electron chi connectivity index (χ4n) is 0.265. The largest absolute Gasteiger partial charge is 1.00 e. The molecule has 0 amide bonds. The van der Waals surface area contributed by atoms with E-state index in [1.54, 1.807) is 0 Å². The molecule has 21 heavy (non-hydrogen) atoms. The summed E-state index contributed by atoms with van der Waals surface area (Å²) >= 11 is 0. The number of halogens is 4. The van der Waals surface area contributed by atoms with Crippen LogP contribution in [0.25, 0.3) is 0 Å². The predicted molar refractivity (Wildman–Crippen MR) is 33.7 cm³/mol. The van der Waals surface area contributed by atoms with Crippen molar-refractivity contribution >= 4 is 0 Å². The van der Waals surface area contributed by atoms with Crippen molar-refractivity contribution in [2.24, 2.45) is 0 Å². The third-order valence-electron chi connectivity index (χ3n) is 1.19. The molecule has 0 aliphatic rings. The molecule has 0 rings (SSSR count). The van der Waals surface area contributed by atoms with Crippen molar-refractivity contribution in [3.8, 4) is 29.8 Å². The maximum atomic E-state index is 8.58. The van der Waals surface area contributed by atoms with Crippen LogP contribution in [-0.4, -0.2) is 0 Å². The Balaban J connectivity index is -0.0000000257. The molecule has 0 aromatic rings. The molecule has 0 aliphatic heterocycles. The summed E-state index contributed by atoms with van der Waals surface area (Å²) in [6, 6.07) is 0. The Labute approximate surface area is 296 Å². The zero-order valence-electron chi connectivity index (χ0n) is 11.5. The fourth-order valence-corrected chi connectivity index (χ4v) is 1.09. The summed E-state index contributed by atoms with van der Waals surface area (Å²) < 4.78 is 0. The van der Waals surface area contributed by atoms with E-state index in [4.69, 9.17) is 31.6 Å². The first kappa shape index (κ1) is 56.2. The first-order valence-corrected chi connectivity index (χ1v) is 5.71. The number of nitriles is 6. The average molecular weight is 494 g/mol. The van der Waals surface area contributed by atoms with E-state index in [1.807, 2.05) is 0 Å². The van der Waals surface area contributed by atoms with E-state index in [-0.39, 0.29) is 233 Å². The van der Waals surface area contributed by atoms with Crippen molar-refractivity contribution in [1.82, 2.24) is 0 Å². The van der Waals surface area contributed by atoms with Gasteiger partial charge in [-0.1, -0.05) is 0 Å². The molecule has 0 unspecified atom stereocenters. The van der Waals surface area contributed by atoms with Gasteiger partial charge < -0.3 is 49.6 Å². The second kappa shape index (κ2) is 20.8. The molecule has 0 aliphatic carbocycles. The van der Waals surface area contributed by atoms with E-state index in [0.717, 1.165) is 29.8 Å². The zero-order chi connectivity index (χ0) is 10.7. The minimum atomic E-state index is -6.17. The van der Waals surface area contributed by atoms with E-state index in [0.29, 0.717) is 0 Å². The summed E-state index contributed by atoms with van der Waals surface area (Å²) in [5, 5.41) is 51.5. The Morgan fingerprint density at radius 2 is 0.524 bits per heavy atom. The van der Waals surface area contributed by atoms with Gasteiger partial charge in [-0.15, -0.1) is 0 Å². The summed E-state index contributed by atoms with van der Waals surface area (Å²) in [4.78, 5) is 6.19. The predicted octanol–water partition coefficient (Wildman–Crippen LogP) is -23.9. The summed E-state index contributed by atoms with van der Waals surface area (Å²) in [5.74, 6) is 0. The van der Waals surface area contributed by atoms with Gasteiger partial charge in [0.2, 0.25) is 0 Å². The van der Waals surface area contributed by atoms with Gasteiger partial charge in [0.1, 0.15) is 0 Å². The van der Waals surface area contributed by atoms with Crippen LogP contribution < -0.4 is 233 Å². The van der Waals surface area contributed by atoms with E-state index >= 15 is 0 Å². The molecule has 94 valence electrons. The van der Waals surface area contributed by atoms with Crippen LogP contribution in [0.4, 0.5) is 0 Å². The average Bonchev–Trinajstić information content (AvgIpc) is 2.26. The molecule has 6 nitrogen and oxygen atoms in total. The molecule has 0 spiro atoms. The minimum absolute atomic E-state index is 0. The van der Waals surface area contributed by atoms with Gasteiger partial charge in [-0.3, -0.25) is 0 Å². The third-order valence-corrected chi connectivity index (χ3v) is 4.89. The molecular formula is C6Cl4FeK3N6Na. The van der Waals surface area contributed by atoms with Crippen LogP contribution in [0.15, 0.2) is 0 Å². The molecule has 0 atom stereocenters. The first-order chi connectivity index (χ1) is 5.97. The molecule has 0 radical (unpaired) electrons. The Kier molecular flexibility index (Phi) is 55.8. The molecule has 15 heteroatoms. The maximum absolute atomic E-state index is 8.58. The van der Waals surface area contributed by atoms with Gasteiger partial charge in [0.15, 0.2) is 0 Å². The van der Waals surface area contributed by atoms with Gasteiger partial charge >= 0.3 is 256 Å². The molecule has 0 N–H and O–H groups in total. The van der Waals surface area contributed by atoms with Gasteiger partial charge in [-0.2, -0.15) is 0 Å². The van der Waals surface area contributed by atoms with E-state index in [2.05, 4.69) is 0 Å². The SMILES string of the molecule is N#[C][Fe]([C]#N)([C]#N)([C]#N)([C]#N)[C]#N.[Cl-].[Cl-].[Cl-].[Cl-].[K+].[K+].[K+].[Na+]. The number of hydrogen-bond acceptors (Lipinski definition) is 6. The number of hydrogen-bond donors (Lipinski definition) is 0. The van der Waals surface area contributed by atoms with Crippen LogP contribution >= 0.6 is 0 Å². The van der Waals surface area contributed by atoms with Crippen molar-refractivity contribution in [2.75, 3.05) is 0 Å². The normalized spacial score (nSPS) is 8.29. The second-order valence-corrected chi connectivity index (χ2v) is 7.42. The van der Waals surface area contributed by atoms with Crippen molar-refractivity contribution < 1.29 is 244 Å². The first-order valence-electron chi connectivity index (χ1n) is 2.40. The molecule has 0 aromatic heterocycles. The Morgan fingerprint density at radius 3 is 0.524 bits per heavy atom. The monoisotopic (exact) mass is 492 g/mol. The number of rotatable bonds is 0. The Hall–Kier alpha value is 4.53. The summed E-state index contributed by atoms with van der Waals surface area (Å²) in [6.07, 6.45) is 0. The van der Waals surface area contributed by atoms with Crippen LogP contribution in [0.3, 0.4) is 0 Å². The zero-order valence-corrected chi connectivity index (χ0v) is 27.0. The van der Waals surface area contributed by atoms with Crippen molar-refractivity contribution in [3.05, 3.63) is 0 Å². The molecular weight excluding hydrogens is 494 g/mol. The Morgan fingerprint density at radius 1 is 0.429 bits per heavy atom. The summed E-state index contributed by atoms with van der Waals surface area (Å²) in [5.41, 5.74) is 0. The molecule has 0 saturated heterocycles. The fraction of sp³-hybridized carbons (Fsp3) is 0. The van der Waals surface area contributed by atoms with Crippen LogP contribution in [0, 0.1) is 61.4 Å². The van der Waals surface area contributed by atoms with Gasteiger partial charge in [-0.25, -0.2) is 0 Å². The quantitative estimate of drug-likeness (QED) is 0.306. The van der Waals surface area contributed by atoms with Crippen molar-refractivity contribution in [2.45, 2.75) is 0 Å². The van der Waals surface area contributed by atoms with Gasteiger partial charge in [0, 0.05) is 0 Å².